The van der Waals surface area contributed by atoms with Crippen LogP contribution in [0.4, 0.5) is 0 Å². The van der Waals surface area contributed by atoms with Crippen LogP contribution in [0.15, 0.2) is 47.5 Å². The van der Waals surface area contributed by atoms with Crippen molar-refractivity contribution >= 4 is 28.6 Å². The number of benzene rings is 2. The van der Waals surface area contributed by atoms with Gasteiger partial charge in [-0.25, -0.2) is 4.98 Å². The van der Waals surface area contributed by atoms with Crippen LogP contribution in [0.5, 0.6) is 17.2 Å². The van der Waals surface area contributed by atoms with Crippen LogP contribution in [0.1, 0.15) is 10.9 Å². The number of carbonyl (C=O) groups is 1. The van der Waals surface area contributed by atoms with Gasteiger partial charge in [0.15, 0.2) is 11.5 Å². The Kier molecular flexibility index (Phi) is 6.03. The second-order valence-corrected chi connectivity index (χ2v) is 8.14. The molecule has 0 bridgehead atoms. The SMILES string of the molecule is COc1cc(OC)c(C2SCCN2C(=O)Cn2cnc3ccccc3c2=O)cc1OC. The standard InChI is InChI=1S/C22H23N3O5S/c1-28-17-11-19(30-3)18(29-2)10-15(17)22-25(8-9-31-22)20(26)12-24-13-23-16-7-5-4-6-14(16)21(24)27/h4-7,10-11,13,22H,8-9,12H2,1-3H3. The fourth-order valence-electron chi connectivity index (χ4n) is 3.68. The molecule has 8 nitrogen and oxygen atoms in total. The maximum Gasteiger partial charge on any atom is 0.261 e. The summed E-state index contributed by atoms with van der Waals surface area (Å²) in [5, 5.41) is 0.234. The van der Waals surface area contributed by atoms with Gasteiger partial charge in [-0.15, -0.1) is 11.8 Å². The zero-order chi connectivity index (χ0) is 22.0. The van der Waals surface area contributed by atoms with Gasteiger partial charge in [0, 0.05) is 23.9 Å². The molecule has 1 aromatic heterocycles. The first-order valence-electron chi connectivity index (χ1n) is 9.72. The van der Waals surface area contributed by atoms with E-state index in [2.05, 4.69) is 4.98 Å². The second-order valence-electron chi connectivity index (χ2n) is 6.95. The van der Waals surface area contributed by atoms with Gasteiger partial charge in [0.2, 0.25) is 5.91 Å². The zero-order valence-electron chi connectivity index (χ0n) is 17.5. The summed E-state index contributed by atoms with van der Waals surface area (Å²) >= 11 is 1.64. The van der Waals surface area contributed by atoms with Crippen molar-refractivity contribution in [3.8, 4) is 17.2 Å². The molecule has 0 radical (unpaired) electrons. The summed E-state index contributed by atoms with van der Waals surface area (Å²) in [5.74, 6) is 2.34. The van der Waals surface area contributed by atoms with Crippen molar-refractivity contribution in [2.24, 2.45) is 0 Å². The molecule has 2 heterocycles. The summed E-state index contributed by atoms with van der Waals surface area (Å²) in [7, 11) is 4.71. The highest BCUT2D eigenvalue weighted by Crippen LogP contribution is 2.46. The first-order chi connectivity index (χ1) is 15.1. The van der Waals surface area contributed by atoms with Crippen LogP contribution < -0.4 is 19.8 Å². The molecule has 1 atom stereocenters. The van der Waals surface area contributed by atoms with Crippen LogP contribution in [-0.4, -0.2) is 54.0 Å². The van der Waals surface area contributed by atoms with Crippen LogP contribution in [0.25, 0.3) is 10.9 Å². The Morgan fingerprint density at radius 3 is 2.55 bits per heavy atom. The summed E-state index contributed by atoms with van der Waals surface area (Å²) in [5.41, 5.74) is 1.20. The Bertz CT molecular complexity index is 1180. The van der Waals surface area contributed by atoms with E-state index in [9.17, 15) is 9.59 Å². The van der Waals surface area contributed by atoms with E-state index in [1.807, 2.05) is 12.1 Å². The van der Waals surface area contributed by atoms with E-state index >= 15 is 0 Å². The van der Waals surface area contributed by atoms with Crippen molar-refractivity contribution in [3.63, 3.8) is 0 Å². The van der Waals surface area contributed by atoms with Gasteiger partial charge in [0.1, 0.15) is 17.7 Å². The molecule has 1 fully saturated rings. The van der Waals surface area contributed by atoms with Crippen molar-refractivity contribution in [3.05, 3.63) is 58.6 Å². The maximum absolute atomic E-state index is 13.2. The smallest absolute Gasteiger partial charge is 0.261 e. The third-order valence-electron chi connectivity index (χ3n) is 5.25. The number of hydrogen-bond donors (Lipinski definition) is 0. The van der Waals surface area contributed by atoms with E-state index in [-0.39, 0.29) is 23.4 Å². The molecule has 3 aromatic rings. The lowest BCUT2D eigenvalue weighted by Crippen LogP contribution is -2.36. The lowest BCUT2D eigenvalue weighted by Gasteiger charge is -2.26. The predicted molar refractivity (Wildman–Crippen MR) is 119 cm³/mol. The highest BCUT2D eigenvalue weighted by molar-refractivity contribution is 7.99. The largest absolute Gasteiger partial charge is 0.496 e. The topological polar surface area (TPSA) is 82.9 Å². The Morgan fingerprint density at radius 1 is 1.10 bits per heavy atom. The van der Waals surface area contributed by atoms with E-state index in [1.165, 1.54) is 10.9 Å². The number of methoxy groups -OCH3 is 3. The number of fused-ring (bicyclic) bond motifs is 1. The van der Waals surface area contributed by atoms with E-state index in [0.717, 1.165) is 11.3 Å². The Balaban J connectivity index is 1.64. The molecule has 162 valence electrons. The normalized spacial score (nSPS) is 15.8. The Labute approximate surface area is 183 Å². The fourth-order valence-corrected chi connectivity index (χ4v) is 4.98. The Morgan fingerprint density at radius 2 is 1.81 bits per heavy atom. The van der Waals surface area contributed by atoms with Gasteiger partial charge in [0.25, 0.3) is 5.56 Å². The van der Waals surface area contributed by atoms with Gasteiger partial charge >= 0.3 is 0 Å². The van der Waals surface area contributed by atoms with Crippen molar-refractivity contribution in [1.29, 1.82) is 0 Å². The Hall–Kier alpha value is -3.20. The summed E-state index contributed by atoms with van der Waals surface area (Å²) in [4.78, 5) is 32.0. The molecular formula is C22H23N3O5S. The fraction of sp³-hybridized carbons (Fsp3) is 0.318. The molecule has 1 aliphatic rings. The number of amides is 1. The summed E-state index contributed by atoms with van der Waals surface area (Å²) in [6.45, 7) is 0.491. The number of para-hydroxylation sites is 1. The molecule has 31 heavy (non-hydrogen) atoms. The van der Waals surface area contributed by atoms with Crippen molar-refractivity contribution in [1.82, 2.24) is 14.5 Å². The van der Waals surface area contributed by atoms with E-state index in [4.69, 9.17) is 14.2 Å². The molecule has 9 heteroatoms. The minimum absolute atomic E-state index is 0.0800. The van der Waals surface area contributed by atoms with Crippen molar-refractivity contribution in [2.45, 2.75) is 11.9 Å². The van der Waals surface area contributed by atoms with Gasteiger partial charge in [-0.2, -0.15) is 0 Å². The van der Waals surface area contributed by atoms with Crippen LogP contribution in [0.2, 0.25) is 0 Å². The average molecular weight is 442 g/mol. The lowest BCUT2D eigenvalue weighted by molar-refractivity contribution is -0.132. The predicted octanol–water partition coefficient (Wildman–Crippen LogP) is 2.70. The number of ether oxygens (including phenoxy) is 3. The minimum atomic E-state index is -0.258. The summed E-state index contributed by atoms with van der Waals surface area (Å²) < 4.78 is 17.7. The van der Waals surface area contributed by atoms with E-state index in [0.29, 0.717) is 34.7 Å². The maximum atomic E-state index is 13.2. The molecule has 0 saturated carbocycles. The first-order valence-corrected chi connectivity index (χ1v) is 10.8. The van der Waals surface area contributed by atoms with Gasteiger partial charge in [-0.05, 0) is 18.2 Å². The van der Waals surface area contributed by atoms with Crippen molar-refractivity contribution < 1.29 is 19.0 Å². The zero-order valence-corrected chi connectivity index (χ0v) is 18.3. The van der Waals surface area contributed by atoms with Crippen molar-refractivity contribution in [2.75, 3.05) is 33.6 Å². The third kappa shape index (κ3) is 3.93. The van der Waals surface area contributed by atoms with E-state index in [1.54, 1.807) is 62.3 Å². The monoisotopic (exact) mass is 441 g/mol. The number of carbonyl (C=O) groups excluding carboxylic acids is 1. The molecule has 0 spiro atoms. The molecule has 1 unspecified atom stereocenters. The molecule has 0 N–H and O–H groups in total. The average Bonchev–Trinajstić information content (AvgIpc) is 3.30. The number of rotatable bonds is 6. The van der Waals surface area contributed by atoms with Gasteiger partial charge in [-0.3, -0.25) is 14.2 Å². The van der Waals surface area contributed by atoms with Crippen LogP contribution in [0.3, 0.4) is 0 Å². The quantitative estimate of drug-likeness (QED) is 0.582. The molecule has 1 aliphatic heterocycles. The number of thioether (sulfide) groups is 1. The first kappa shape index (κ1) is 21.0. The molecule has 4 rings (SSSR count). The number of nitrogens with zero attached hydrogens (tertiary/aromatic N) is 3. The minimum Gasteiger partial charge on any atom is -0.496 e. The van der Waals surface area contributed by atoms with E-state index < -0.39 is 0 Å². The molecule has 1 saturated heterocycles. The van der Waals surface area contributed by atoms with Gasteiger partial charge < -0.3 is 19.1 Å². The highest BCUT2D eigenvalue weighted by Gasteiger charge is 2.33. The number of hydrogen-bond acceptors (Lipinski definition) is 7. The molecule has 0 aliphatic carbocycles. The molecular weight excluding hydrogens is 418 g/mol. The second kappa shape index (κ2) is 8.89. The lowest BCUT2D eigenvalue weighted by atomic mass is 10.1. The van der Waals surface area contributed by atoms with Gasteiger partial charge in [-0.1, -0.05) is 12.1 Å². The van der Waals surface area contributed by atoms with Crippen LogP contribution in [0, 0.1) is 0 Å². The third-order valence-corrected chi connectivity index (χ3v) is 6.49. The highest BCUT2D eigenvalue weighted by atomic mass is 32.2. The summed E-state index contributed by atoms with van der Waals surface area (Å²) in [6.07, 6.45) is 1.43. The van der Waals surface area contributed by atoms with Gasteiger partial charge in [0.05, 0.1) is 38.6 Å². The van der Waals surface area contributed by atoms with Crippen LogP contribution in [-0.2, 0) is 11.3 Å². The van der Waals surface area contributed by atoms with Crippen LogP contribution >= 0.6 is 11.8 Å². The molecule has 1 amide bonds. The summed E-state index contributed by atoms with van der Waals surface area (Å²) in [6, 6.07) is 10.7. The number of aromatic nitrogens is 2. The molecule has 2 aromatic carbocycles.